The highest BCUT2D eigenvalue weighted by atomic mass is 127. The minimum absolute atomic E-state index is 0.0135. The number of benzene rings is 2. The molecule has 1 fully saturated rings. The molecule has 2 aromatic carbocycles. The van der Waals surface area contributed by atoms with E-state index in [2.05, 4.69) is 11.9 Å². The van der Waals surface area contributed by atoms with Crippen LogP contribution >= 0.6 is 22.6 Å². The number of barbiturate groups is 1. The summed E-state index contributed by atoms with van der Waals surface area (Å²) in [5.41, 5.74) is 1.02. The minimum Gasteiger partial charge on any atom is -0.490 e. The molecule has 0 atom stereocenters. The van der Waals surface area contributed by atoms with E-state index in [1.807, 2.05) is 22.6 Å². The largest absolute Gasteiger partial charge is 0.490 e. The van der Waals surface area contributed by atoms with Gasteiger partial charge in [0.15, 0.2) is 11.5 Å². The average Bonchev–Trinajstić information content (AvgIpc) is 2.79. The number of hydrogen-bond donors (Lipinski definition) is 1. The first-order valence-corrected chi connectivity index (χ1v) is 11.1. The van der Waals surface area contributed by atoms with Crippen molar-refractivity contribution in [3.63, 3.8) is 0 Å². The summed E-state index contributed by atoms with van der Waals surface area (Å²) in [7, 11) is 0. The van der Waals surface area contributed by atoms with Gasteiger partial charge in [0.05, 0.1) is 15.1 Å². The summed E-state index contributed by atoms with van der Waals surface area (Å²) in [5.74, 6) is -0.668. The van der Waals surface area contributed by atoms with Crippen LogP contribution in [0.1, 0.15) is 18.1 Å². The normalized spacial score (nSPS) is 14.7. The van der Waals surface area contributed by atoms with Gasteiger partial charge >= 0.3 is 6.03 Å². The van der Waals surface area contributed by atoms with Gasteiger partial charge in [0, 0.05) is 18.7 Å². The molecule has 0 radical (unpaired) electrons. The Balaban J connectivity index is 1.88. The molecule has 0 unspecified atom stereocenters. The summed E-state index contributed by atoms with van der Waals surface area (Å²) >= 11 is 2.05. The maximum absolute atomic E-state index is 12.7. The highest BCUT2D eigenvalue weighted by Crippen LogP contribution is 2.36. The molecule has 4 amide bonds. The Morgan fingerprint density at radius 2 is 1.88 bits per heavy atom. The molecule has 11 heteroatoms. The molecule has 176 valence electrons. The lowest BCUT2D eigenvalue weighted by Crippen LogP contribution is -2.54. The van der Waals surface area contributed by atoms with Crippen molar-refractivity contribution in [2.45, 2.75) is 13.5 Å². The van der Waals surface area contributed by atoms with Gasteiger partial charge in [0.25, 0.3) is 17.5 Å². The maximum Gasteiger partial charge on any atom is 0.331 e. The standard InChI is InChI=1S/C23H20IN3O7/c1-3-9-26-22(29)17(21(28)25-23(26)30)10-15-11-18(24)20(19(12-15)33-4-2)34-13-14-5-7-16(8-6-14)27(31)32/h3,5-8,10-12H,1,4,9,13H2,2H3,(H,25,28,30). The van der Waals surface area contributed by atoms with E-state index in [0.29, 0.717) is 27.2 Å². The van der Waals surface area contributed by atoms with E-state index < -0.39 is 22.8 Å². The molecule has 1 aliphatic rings. The van der Waals surface area contributed by atoms with E-state index in [0.717, 1.165) is 10.5 Å². The number of rotatable bonds is 9. The number of nitrogens with one attached hydrogen (secondary N) is 1. The summed E-state index contributed by atoms with van der Waals surface area (Å²) in [6, 6.07) is 8.53. The molecule has 0 bridgehead atoms. The predicted octanol–water partition coefficient (Wildman–Crippen LogP) is 3.82. The molecule has 1 saturated heterocycles. The molecule has 0 saturated carbocycles. The van der Waals surface area contributed by atoms with Crippen LogP contribution < -0.4 is 14.8 Å². The summed E-state index contributed by atoms with van der Waals surface area (Å²) in [6.45, 7) is 5.77. The molecule has 1 heterocycles. The van der Waals surface area contributed by atoms with Crippen LogP contribution in [0.5, 0.6) is 11.5 Å². The van der Waals surface area contributed by atoms with Gasteiger partial charge in [0.2, 0.25) is 0 Å². The van der Waals surface area contributed by atoms with Crippen molar-refractivity contribution < 1.29 is 28.8 Å². The summed E-state index contributed by atoms with van der Waals surface area (Å²) in [4.78, 5) is 48.1. The van der Waals surface area contributed by atoms with Gasteiger partial charge in [-0.2, -0.15) is 0 Å². The van der Waals surface area contributed by atoms with Gasteiger partial charge in [-0.3, -0.25) is 29.9 Å². The van der Waals surface area contributed by atoms with E-state index in [1.165, 1.54) is 24.3 Å². The minimum atomic E-state index is -0.799. The van der Waals surface area contributed by atoms with E-state index in [-0.39, 0.29) is 24.4 Å². The van der Waals surface area contributed by atoms with Crippen LogP contribution in [0.3, 0.4) is 0 Å². The SMILES string of the molecule is C=CCN1C(=O)NC(=O)C(=Cc2cc(I)c(OCc3ccc([N+](=O)[O-])cc3)c(OCC)c2)C1=O. The fraction of sp³-hybridized carbons (Fsp3) is 0.174. The molecule has 0 spiro atoms. The van der Waals surface area contributed by atoms with Crippen LogP contribution in [-0.2, 0) is 16.2 Å². The molecule has 2 aromatic rings. The lowest BCUT2D eigenvalue weighted by atomic mass is 10.1. The molecule has 1 aliphatic heterocycles. The van der Waals surface area contributed by atoms with Crippen LogP contribution in [0.15, 0.2) is 54.6 Å². The summed E-state index contributed by atoms with van der Waals surface area (Å²) in [6.07, 6.45) is 2.77. The monoisotopic (exact) mass is 577 g/mol. The van der Waals surface area contributed by atoms with Crippen LogP contribution in [0.25, 0.3) is 6.08 Å². The lowest BCUT2D eigenvalue weighted by molar-refractivity contribution is -0.384. The second-order valence-electron chi connectivity index (χ2n) is 7.00. The molecule has 3 rings (SSSR count). The average molecular weight is 577 g/mol. The Bertz CT molecular complexity index is 1190. The summed E-state index contributed by atoms with van der Waals surface area (Å²) < 4.78 is 12.3. The number of nitro groups is 1. The Hall–Kier alpha value is -3.74. The number of carbonyl (C=O) groups is 3. The van der Waals surface area contributed by atoms with E-state index >= 15 is 0 Å². The Kier molecular flexibility index (Phi) is 7.99. The van der Waals surface area contributed by atoms with Crippen LogP contribution in [0.2, 0.25) is 0 Å². The van der Waals surface area contributed by atoms with Gasteiger partial charge in [-0.1, -0.05) is 6.08 Å². The third kappa shape index (κ3) is 5.60. The Morgan fingerprint density at radius 1 is 1.18 bits per heavy atom. The molecular formula is C23H20IN3O7. The van der Waals surface area contributed by atoms with Gasteiger partial charge in [-0.15, -0.1) is 6.58 Å². The highest BCUT2D eigenvalue weighted by molar-refractivity contribution is 14.1. The fourth-order valence-electron chi connectivity index (χ4n) is 3.10. The number of urea groups is 1. The molecule has 34 heavy (non-hydrogen) atoms. The number of non-ortho nitro benzene ring substituents is 1. The van der Waals surface area contributed by atoms with E-state index in [9.17, 15) is 24.5 Å². The molecule has 10 nitrogen and oxygen atoms in total. The predicted molar refractivity (Wildman–Crippen MR) is 131 cm³/mol. The van der Waals surface area contributed by atoms with Crippen molar-refractivity contribution in [1.29, 1.82) is 0 Å². The number of nitrogens with zero attached hydrogens (tertiary/aromatic N) is 2. The van der Waals surface area contributed by atoms with Crippen molar-refractivity contribution >= 4 is 52.2 Å². The third-order valence-corrected chi connectivity index (χ3v) is 5.47. The first kappa shape index (κ1) is 24.9. The smallest absolute Gasteiger partial charge is 0.331 e. The van der Waals surface area contributed by atoms with Crippen molar-refractivity contribution in [1.82, 2.24) is 10.2 Å². The van der Waals surface area contributed by atoms with Gasteiger partial charge in [-0.25, -0.2) is 4.79 Å². The highest BCUT2D eigenvalue weighted by Gasteiger charge is 2.35. The molecule has 0 aromatic heterocycles. The summed E-state index contributed by atoms with van der Waals surface area (Å²) in [5, 5.41) is 13.0. The van der Waals surface area contributed by atoms with Gasteiger partial charge < -0.3 is 9.47 Å². The number of imide groups is 2. The molecule has 1 N–H and O–H groups in total. The fourth-order valence-corrected chi connectivity index (χ4v) is 3.88. The van der Waals surface area contributed by atoms with Crippen molar-refractivity contribution in [2.75, 3.05) is 13.2 Å². The first-order chi connectivity index (χ1) is 16.2. The van der Waals surface area contributed by atoms with Crippen LogP contribution in [0, 0.1) is 13.7 Å². The van der Waals surface area contributed by atoms with Crippen LogP contribution in [0.4, 0.5) is 10.5 Å². The second-order valence-corrected chi connectivity index (χ2v) is 8.16. The number of halogens is 1. The van der Waals surface area contributed by atoms with Crippen molar-refractivity contribution in [3.05, 3.63) is 79.4 Å². The van der Waals surface area contributed by atoms with E-state index in [4.69, 9.17) is 9.47 Å². The number of nitro benzene ring substituents is 1. The lowest BCUT2D eigenvalue weighted by Gasteiger charge is -2.25. The van der Waals surface area contributed by atoms with Crippen LogP contribution in [-0.4, -0.2) is 40.8 Å². The Morgan fingerprint density at radius 3 is 2.50 bits per heavy atom. The van der Waals surface area contributed by atoms with E-state index in [1.54, 1.807) is 31.2 Å². The maximum atomic E-state index is 12.7. The number of carbonyl (C=O) groups excluding carboxylic acids is 3. The topological polar surface area (TPSA) is 128 Å². The zero-order valence-electron chi connectivity index (χ0n) is 18.1. The number of amides is 4. The first-order valence-electron chi connectivity index (χ1n) is 10.1. The second kappa shape index (κ2) is 10.9. The van der Waals surface area contributed by atoms with Crippen molar-refractivity contribution in [2.24, 2.45) is 0 Å². The zero-order chi connectivity index (χ0) is 24.8. The number of hydrogen-bond acceptors (Lipinski definition) is 7. The third-order valence-electron chi connectivity index (χ3n) is 4.67. The Labute approximate surface area is 208 Å². The molecular weight excluding hydrogens is 557 g/mol. The van der Waals surface area contributed by atoms with Crippen molar-refractivity contribution in [3.8, 4) is 11.5 Å². The van der Waals surface area contributed by atoms with Gasteiger partial charge in [-0.05, 0) is 71.0 Å². The number of ether oxygens (including phenoxy) is 2. The quantitative estimate of drug-likeness (QED) is 0.120. The zero-order valence-corrected chi connectivity index (χ0v) is 20.2. The molecule has 0 aliphatic carbocycles. The van der Waals surface area contributed by atoms with Gasteiger partial charge in [0.1, 0.15) is 12.2 Å².